The van der Waals surface area contributed by atoms with Crippen molar-refractivity contribution < 1.29 is 9.50 Å². The smallest absolute Gasteiger partial charge is 0.165 e. The fraction of sp³-hybridized carbons (Fsp3) is 0.400. The summed E-state index contributed by atoms with van der Waals surface area (Å²) < 4.78 is 13.0. The van der Waals surface area contributed by atoms with E-state index in [2.05, 4.69) is 4.90 Å². The Kier molecular flexibility index (Phi) is 3.34. The third-order valence-electron chi connectivity index (χ3n) is 2.47. The molecule has 0 atom stereocenters. The Morgan fingerprint density at radius 3 is 2.79 bits per heavy atom. The molecule has 1 N–H and O–H groups in total. The quantitative estimate of drug-likeness (QED) is 0.718. The Balaban J connectivity index is 0.000000980. The number of benzene rings is 1. The molecule has 4 heteroatoms. The highest BCUT2D eigenvalue weighted by Gasteiger charge is 2.15. The second-order valence-corrected chi connectivity index (χ2v) is 3.56. The number of hydrogen-bond acceptors (Lipinski definition) is 2. The molecule has 0 bridgehead atoms. The van der Waals surface area contributed by atoms with Gasteiger partial charge >= 0.3 is 0 Å². The molecule has 0 aromatic heterocycles. The van der Waals surface area contributed by atoms with E-state index in [0.717, 1.165) is 30.6 Å². The zero-order valence-electron chi connectivity index (χ0n) is 7.96. The van der Waals surface area contributed by atoms with Gasteiger partial charge in [-0.2, -0.15) is 0 Å². The number of likely N-dealkylation sites (N-methyl/N-ethyl adjacent to an activating group) is 1. The van der Waals surface area contributed by atoms with Crippen molar-refractivity contribution in [1.29, 1.82) is 0 Å². The van der Waals surface area contributed by atoms with Crippen LogP contribution in [0.2, 0.25) is 0 Å². The molecule has 2 nitrogen and oxygen atoms in total. The van der Waals surface area contributed by atoms with Crippen molar-refractivity contribution in [2.45, 2.75) is 13.0 Å². The zero-order valence-corrected chi connectivity index (χ0v) is 8.77. The fourth-order valence-corrected chi connectivity index (χ4v) is 1.71. The van der Waals surface area contributed by atoms with Crippen LogP contribution < -0.4 is 0 Å². The van der Waals surface area contributed by atoms with Gasteiger partial charge in [-0.1, -0.05) is 0 Å². The Morgan fingerprint density at radius 1 is 1.36 bits per heavy atom. The lowest BCUT2D eigenvalue weighted by Crippen LogP contribution is -2.26. The Bertz CT molecular complexity index is 343. The van der Waals surface area contributed by atoms with Gasteiger partial charge in [0.1, 0.15) is 0 Å². The van der Waals surface area contributed by atoms with Crippen molar-refractivity contribution in [3.05, 3.63) is 29.1 Å². The summed E-state index contributed by atoms with van der Waals surface area (Å²) in [6.07, 6.45) is 0.889. The molecule has 0 saturated carbocycles. The first kappa shape index (κ1) is 11.3. The van der Waals surface area contributed by atoms with Gasteiger partial charge in [0.2, 0.25) is 0 Å². The molecule has 1 aliphatic rings. The van der Waals surface area contributed by atoms with E-state index < -0.39 is 5.82 Å². The highest BCUT2D eigenvalue weighted by molar-refractivity contribution is 5.85. The summed E-state index contributed by atoms with van der Waals surface area (Å²) in [4.78, 5) is 2.14. The van der Waals surface area contributed by atoms with Crippen LogP contribution in [0.3, 0.4) is 0 Å². The normalized spacial score (nSPS) is 15.9. The van der Waals surface area contributed by atoms with Gasteiger partial charge in [0.25, 0.3) is 0 Å². The van der Waals surface area contributed by atoms with Gasteiger partial charge in [-0.05, 0) is 36.7 Å². The standard InChI is InChI=1S/C10H12FNO.ClH/c1-12-3-2-7-5-10(13)9(11)4-8(7)6-12;/h4-5,13H,2-3,6H2,1H3;1H. The number of nitrogens with zero attached hydrogens (tertiary/aromatic N) is 1. The van der Waals surface area contributed by atoms with E-state index in [-0.39, 0.29) is 18.2 Å². The van der Waals surface area contributed by atoms with Gasteiger partial charge in [0.05, 0.1) is 0 Å². The molecular weight excluding hydrogens is 205 g/mol. The molecule has 0 aliphatic carbocycles. The topological polar surface area (TPSA) is 23.5 Å². The maximum atomic E-state index is 13.0. The third kappa shape index (κ3) is 1.99. The van der Waals surface area contributed by atoms with E-state index in [4.69, 9.17) is 5.11 Å². The van der Waals surface area contributed by atoms with E-state index in [1.807, 2.05) is 7.05 Å². The molecule has 14 heavy (non-hydrogen) atoms. The largest absolute Gasteiger partial charge is 0.505 e. The highest BCUT2D eigenvalue weighted by atomic mass is 35.5. The van der Waals surface area contributed by atoms with Crippen LogP contribution in [0, 0.1) is 5.82 Å². The minimum atomic E-state index is -0.519. The molecule has 1 aromatic carbocycles. The van der Waals surface area contributed by atoms with Crippen LogP contribution in [-0.2, 0) is 13.0 Å². The summed E-state index contributed by atoms with van der Waals surface area (Å²) in [7, 11) is 2.01. The molecule has 0 fully saturated rings. The number of halogens is 2. The summed E-state index contributed by atoms with van der Waals surface area (Å²) in [5.74, 6) is -0.752. The summed E-state index contributed by atoms with van der Waals surface area (Å²) in [5.41, 5.74) is 2.06. The third-order valence-corrected chi connectivity index (χ3v) is 2.47. The molecule has 2 rings (SSSR count). The fourth-order valence-electron chi connectivity index (χ4n) is 1.71. The van der Waals surface area contributed by atoms with E-state index >= 15 is 0 Å². The van der Waals surface area contributed by atoms with E-state index in [0.29, 0.717) is 0 Å². The first-order valence-corrected chi connectivity index (χ1v) is 4.35. The van der Waals surface area contributed by atoms with Gasteiger partial charge in [-0.15, -0.1) is 12.4 Å². The minimum absolute atomic E-state index is 0. The first-order chi connectivity index (χ1) is 6.16. The molecule has 78 valence electrons. The lowest BCUT2D eigenvalue weighted by atomic mass is 10.00. The highest BCUT2D eigenvalue weighted by Crippen LogP contribution is 2.25. The van der Waals surface area contributed by atoms with Gasteiger partial charge in [-0.3, -0.25) is 0 Å². The maximum Gasteiger partial charge on any atom is 0.165 e. The Hall–Kier alpha value is -0.800. The molecular formula is C10H13ClFNO. The second kappa shape index (κ2) is 4.15. The van der Waals surface area contributed by atoms with Crippen LogP contribution in [0.1, 0.15) is 11.1 Å². The van der Waals surface area contributed by atoms with E-state index in [1.165, 1.54) is 12.1 Å². The van der Waals surface area contributed by atoms with Gasteiger partial charge < -0.3 is 10.0 Å². The second-order valence-electron chi connectivity index (χ2n) is 3.56. The van der Waals surface area contributed by atoms with Crippen LogP contribution in [0.4, 0.5) is 4.39 Å². The number of aromatic hydroxyl groups is 1. The minimum Gasteiger partial charge on any atom is -0.505 e. The molecule has 1 aromatic rings. The van der Waals surface area contributed by atoms with Gasteiger partial charge in [-0.25, -0.2) is 4.39 Å². The van der Waals surface area contributed by atoms with Crippen LogP contribution >= 0.6 is 12.4 Å². The molecule has 0 spiro atoms. The summed E-state index contributed by atoms with van der Waals surface area (Å²) >= 11 is 0. The summed E-state index contributed by atoms with van der Waals surface area (Å²) in [5, 5.41) is 9.15. The predicted molar refractivity (Wildman–Crippen MR) is 55.4 cm³/mol. The zero-order chi connectivity index (χ0) is 9.42. The maximum absolute atomic E-state index is 13.0. The Labute approximate surface area is 88.8 Å². The van der Waals surface area contributed by atoms with Crippen molar-refractivity contribution in [3.63, 3.8) is 0 Å². The van der Waals surface area contributed by atoms with Crippen molar-refractivity contribution >= 4 is 12.4 Å². The van der Waals surface area contributed by atoms with Gasteiger partial charge in [0, 0.05) is 13.1 Å². The molecule has 0 unspecified atom stereocenters. The van der Waals surface area contributed by atoms with E-state index in [1.54, 1.807) is 0 Å². The SMILES string of the molecule is CN1CCc2cc(O)c(F)cc2C1.Cl. The number of phenolic OH excluding ortho intramolecular Hbond substituents is 1. The molecule has 0 radical (unpaired) electrons. The van der Waals surface area contributed by atoms with Crippen LogP contribution in [0.15, 0.2) is 12.1 Å². The molecule has 0 saturated heterocycles. The number of fused-ring (bicyclic) bond motifs is 1. The summed E-state index contributed by atoms with van der Waals surface area (Å²) in [6.45, 7) is 1.74. The number of phenols is 1. The van der Waals surface area contributed by atoms with Crippen LogP contribution in [0.5, 0.6) is 5.75 Å². The van der Waals surface area contributed by atoms with Crippen molar-refractivity contribution in [2.24, 2.45) is 0 Å². The van der Waals surface area contributed by atoms with Crippen molar-refractivity contribution in [3.8, 4) is 5.75 Å². The average molecular weight is 218 g/mol. The number of rotatable bonds is 0. The van der Waals surface area contributed by atoms with Crippen molar-refractivity contribution in [2.75, 3.05) is 13.6 Å². The van der Waals surface area contributed by atoms with E-state index in [9.17, 15) is 4.39 Å². The lowest BCUT2D eigenvalue weighted by Gasteiger charge is -2.24. The molecule has 0 amide bonds. The summed E-state index contributed by atoms with van der Waals surface area (Å²) in [6, 6.07) is 2.97. The molecule has 1 aliphatic heterocycles. The van der Waals surface area contributed by atoms with Crippen LogP contribution in [0.25, 0.3) is 0 Å². The Morgan fingerprint density at radius 2 is 2.07 bits per heavy atom. The first-order valence-electron chi connectivity index (χ1n) is 4.35. The van der Waals surface area contributed by atoms with Crippen LogP contribution in [-0.4, -0.2) is 23.6 Å². The number of hydrogen-bond donors (Lipinski definition) is 1. The lowest BCUT2D eigenvalue weighted by molar-refractivity contribution is 0.310. The van der Waals surface area contributed by atoms with Gasteiger partial charge in [0.15, 0.2) is 11.6 Å². The monoisotopic (exact) mass is 217 g/mol. The predicted octanol–water partition coefficient (Wildman–Crippen LogP) is 1.94. The average Bonchev–Trinajstić information content (AvgIpc) is 2.08. The van der Waals surface area contributed by atoms with Crippen molar-refractivity contribution in [1.82, 2.24) is 4.90 Å². The molecule has 1 heterocycles.